The highest BCUT2D eigenvalue weighted by atomic mass is 35.5. The summed E-state index contributed by atoms with van der Waals surface area (Å²) in [6.07, 6.45) is 2.48. The van der Waals surface area contributed by atoms with E-state index >= 15 is 0 Å². The Morgan fingerprint density at radius 1 is 0.906 bits per heavy atom. The zero-order chi connectivity index (χ0) is 45.8. The van der Waals surface area contributed by atoms with E-state index in [1.54, 1.807) is 4.90 Å². The SMILES string of the molecule is C=O.CO.Cc1cccc(Cl)c1COc1ccc(C2COc3cc4c(cc3O2)CN(C(=O)N[C@H](C)c2ccccc2)C(C(=O)NCCc2ccc(-c3ccnc(C)c3C)cc2)C4)cc1. The molecule has 0 radical (unpaired) electrons. The Morgan fingerprint density at radius 3 is 2.34 bits per heavy atom. The molecule has 2 aliphatic heterocycles. The van der Waals surface area contributed by atoms with E-state index in [9.17, 15) is 9.59 Å². The third-order valence-corrected chi connectivity index (χ3v) is 12.0. The average Bonchev–Trinajstić information content (AvgIpc) is 3.33. The number of carbonyl (C=O) groups is 3. The van der Waals surface area contributed by atoms with Crippen molar-refractivity contribution in [2.24, 2.45) is 0 Å². The van der Waals surface area contributed by atoms with E-state index in [-0.39, 0.29) is 30.6 Å². The van der Waals surface area contributed by atoms with Gasteiger partial charge in [0.25, 0.3) is 0 Å². The van der Waals surface area contributed by atoms with Crippen molar-refractivity contribution in [2.75, 3.05) is 20.3 Å². The van der Waals surface area contributed by atoms with Crippen molar-refractivity contribution in [1.29, 1.82) is 0 Å². The van der Waals surface area contributed by atoms with E-state index in [0.29, 0.717) is 49.1 Å². The molecule has 5 aromatic carbocycles. The van der Waals surface area contributed by atoms with E-state index < -0.39 is 6.04 Å². The first-order valence-electron chi connectivity index (χ1n) is 21.2. The Hall–Kier alpha value is -6.69. The Labute approximate surface area is 380 Å². The lowest BCUT2D eigenvalue weighted by molar-refractivity contribution is -0.126. The van der Waals surface area contributed by atoms with Crippen LogP contribution in [0.1, 0.15) is 69.3 Å². The number of rotatable bonds is 11. The van der Waals surface area contributed by atoms with E-state index in [1.165, 1.54) is 0 Å². The minimum absolute atomic E-state index is 0.202. The molecule has 64 heavy (non-hydrogen) atoms. The molecule has 3 heterocycles. The van der Waals surface area contributed by atoms with Crippen LogP contribution in [0, 0.1) is 20.8 Å². The number of amides is 3. The molecule has 3 amide bonds. The van der Waals surface area contributed by atoms with Gasteiger partial charge in [0.2, 0.25) is 5.91 Å². The predicted molar refractivity (Wildman–Crippen MR) is 250 cm³/mol. The lowest BCUT2D eigenvalue weighted by Gasteiger charge is -2.37. The Bertz CT molecular complexity index is 2500. The number of hydrogen-bond acceptors (Lipinski definition) is 8. The van der Waals surface area contributed by atoms with Crippen molar-refractivity contribution in [3.63, 3.8) is 0 Å². The fourth-order valence-electron chi connectivity index (χ4n) is 7.89. The van der Waals surface area contributed by atoms with Gasteiger partial charge in [-0.05, 0) is 121 Å². The number of pyridine rings is 1. The molecule has 2 unspecified atom stereocenters. The van der Waals surface area contributed by atoms with Crippen LogP contribution in [0.4, 0.5) is 4.79 Å². The fourth-order valence-corrected chi connectivity index (χ4v) is 8.17. The molecular formula is C52H55ClN4O7. The Balaban J connectivity index is 0.00000165. The summed E-state index contributed by atoms with van der Waals surface area (Å²) in [6, 6.07) is 36.5. The molecule has 332 valence electrons. The largest absolute Gasteiger partial charge is 0.489 e. The normalized spacial score (nSPS) is 15.2. The van der Waals surface area contributed by atoms with Crippen LogP contribution in [0.5, 0.6) is 17.2 Å². The van der Waals surface area contributed by atoms with Crippen molar-refractivity contribution < 1.29 is 33.7 Å². The van der Waals surface area contributed by atoms with Gasteiger partial charge in [0.1, 0.15) is 31.8 Å². The monoisotopic (exact) mass is 882 g/mol. The molecule has 1 aromatic heterocycles. The summed E-state index contributed by atoms with van der Waals surface area (Å²) < 4.78 is 18.9. The second kappa shape index (κ2) is 22.1. The highest BCUT2D eigenvalue weighted by Gasteiger charge is 2.37. The molecular weight excluding hydrogens is 828 g/mol. The third-order valence-electron chi connectivity index (χ3n) is 11.7. The van der Waals surface area contributed by atoms with Crippen LogP contribution in [0.2, 0.25) is 5.02 Å². The first-order valence-corrected chi connectivity index (χ1v) is 21.6. The number of fused-ring (bicyclic) bond motifs is 2. The molecule has 0 fully saturated rings. The third kappa shape index (κ3) is 11.1. The summed E-state index contributed by atoms with van der Waals surface area (Å²) >= 11 is 6.41. The highest BCUT2D eigenvalue weighted by Crippen LogP contribution is 2.41. The van der Waals surface area contributed by atoms with E-state index in [1.807, 2.05) is 125 Å². The maximum absolute atomic E-state index is 14.1. The Kier molecular flexibility index (Phi) is 16.2. The van der Waals surface area contributed by atoms with Crippen LogP contribution in [0.3, 0.4) is 0 Å². The van der Waals surface area contributed by atoms with Crippen LogP contribution in [0.15, 0.2) is 121 Å². The van der Waals surface area contributed by atoms with Crippen LogP contribution < -0.4 is 24.8 Å². The number of hydrogen-bond donors (Lipinski definition) is 3. The molecule has 6 aromatic rings. The van der Waals surface area contributed by atoms with Gasteiger partial charge in [0.15, 0.2) is 17.6 Å². The van der Waals surface area contributed by atoms with Crippen molar-refractivity contribution in [2.45, 2.75) is 71.9 Å². The first-order chi connectivity index (χ1) is 31.1. The van der Waals surface area contributed by atoms with Gasteiger partial charge >= 0.3 is 6.03 Å². The number of carbonyl (C=O) groups excluding carboxylic acids is 3. The van der Waals surface area contributed by atoms with Crippen molar-refractivity contribution in [3.8, 4) is 28.4 Å². The number of urea groups is 1. The number of aryl methyl sites for hydroxylation is 2. The molecule has 8 rings (SSSR count). The summed E-state index contributed by atoms with van der Waals surface area (Å²) in [6.45, 7) is 11.4. The topological polar surface area (TPSA) is 139 Å². The van der Waals surface area contributed by atoms with E-state index in [4.69, 9.17) is 35.7 Å². The minimum atomic E-state index is -0.723. The molecule has 3 atom stereocenters. The molecule has 11 nitrogen and oxygen atoms in total. The number of benzene rings is 5. The van der Waals surface area contributed by atoms with Crippen LogP contribution in [0.25, 0.3) is 11.1 Å². The van der Waals surface area contributed by atoms with Gasteiger partial charge in [-0.2, -0.15) is 0 Å². The number of aromatic nitrogens is 1. The predicted octanol–water partition coefficient (Wildman–Crippen LogP) is 9.40. The van der Waals surface area contributed by atoms with E-state index in [0.717, 1.165) is 74.2 Å². The number of aliphatic hydroxyl groups excluding tert-OH is 1. The molecule has 2 aliphatic rings. The summed E-state index contributed by atoms with van der Waals surface area (Å²) in [4.78, 5) is 42.1. The second-order valence-corrected chi connectivity index (χ2v) is 16.0. The number of aliphatic hydroxyl groups is 1. The summed E-state index contributed by atoms with van der Waals surface area (Å²) in [5, 5.41) is 14.0. The molecule has 0 spiro atoms. The first kappa shape index (κ1) is 46.8. The lowest BCUT2D eigenvalue weighted by atomic mass is 9.92. The number of ether oxygens (including phenoxy) is 3. The van der Waals surface area contributed by atoms with Crippen molar-refractivity contribution in [1.82, 2.24) is 20.5 Å². The number of nitrogens with one attached hydrogen (secondary N) is 2. The zero-order valence-electron chi connectivity index (χ0n) is 36.9. The van der Waals surface area contributed by atoms with Crippen LogP contribution in [-0.2, 0) is 35.6 Å². The van der Waals surface area contributed by atoms with Crippen molar-refractivity contribution in [3.05, 3.63) is 177 Å². The van der Waals surface area contributed by atoms with Gasteiger partial charge in [0.05, 0.1) is 6.04 Å². The molecule has 12 heteroatoms. The second-order valence-electron chi connectivity index (χ2n) is 15.6. The maximum atomic E-state index is 14.1. The summed E-state index contributed by atoms with van der Waals surface area (Å²) in [7, 11) is 1.00. The Morgan fingerprint density at radius 2 is 1.62 bits per heavy atom. The van der Waals surface area contributed by atoms with E-state index in [2.05, 4.69) is 46.8 Å². The average molecular weight is 883 g/mol. The molecule has 0 saturated carbocycles. The highest BCUT2D eigenvalue weighted by molar-refractivity contribution is 6.31. The smallest absolute Gasteiger partial charge is 0.318 e. The quantitative estimate of drug-likeness (QED) is 0.117. The molecule has 0 aliphatic carbocycles. The fraction of sp³-hybridized carbons (Fsp3) is 0.269. The van der Waals surface area contributed by atoms with Gasteiger partial charge < -0.3 is 39.6 Å². The van der Waals surface area contributed by atoms with Gasteiger partial charge in [0, 0.05) is 49.1 Å². The van der Waals surface area contributed by atoms with Crippen LogP contribution >= 0.6 is 11.6 Å². The molecule has 0 saturated heterocycles. The molecule has 3 N–H and O–H groups in total. The zero-order valence-corrected chi connectivity index (χ0v) is 37.7. The standard InChI is InChI=1S/C50H49ClN4O5.CH4O.CH2O/c1-31-9-8-12-44(51)43(31)29-58-41-19-17-38(18-20-41)48-30-59-46-26-39-25-45(49(56)53-23-21-35-13-15-37(16-14-35)42-22-24-52-33(3)32(42)2)55(28-40(39)27-47(46)60-48)50(57)54-34(4)36-10-6-5-7-11-36;2*1-2/h5-20,22,24,26-27,34,45,48H,21,23,25,28-30H2,1-4H3,(H,53,56)(H,54,57);2H,1H3;1H2/t34-,45?,48?;;/m1../s1. The molecule has 0 bridgehead atoms. The summed E-state index contributed by atoms with van der Waals surface area (Å²) in [5.74, 6) is 1.74. The van der Waals surface area contributed by atoms with Gasteiger partial charge in [-0.25, -0.2) is 4.79 Å². The maximum Gasteiger partial charge on any atom is 0.318 e. The van der Waals surface area contributed by atoms with Crippen molar-refractivity contribution >= 4 is 30.3 Å². The number of halogens is 1. The summed E-state index contributed by atoms with van der Waals surface area (Å²) in [5.41, 5.74) is 11.4. The minimum Gasteiger partial charge on any atom is -0.489 e. The lowest BCUT2D eigenvalue weighted by Crippen LogP contribution is -2.55. The van der Waals surface area contributed by atoms with Gasteiger partial charge in [-0.3, -0.25) is 9.78 Å². The van der Waals surface area contributed by atoms with Gasteiger partial charge in [-0.1, -0.05) is 90.5 Å². The van der Waals surface area contributed by atoms with Crippen LogP contribution in [-0.4, -0.2) is 60.0 Å². The van der Waals surface area contributed by atoms with Gasteiger partial charge in [-0.15, -0.1) is 0 Å². The number of nitrogens with zero attached hydrogens (tertiary/aromatic N) is 2.